The van der Waals surface area contributed by atoms with Crippen molar-refractivity contribution >= 4 is 11.7 Å². The highest BCUT2D eigenvalue weighted by Gasteiger charge is 2.26. The maximum Gasteiger partial charge on any atom is 0.237 e. The smallest absolute Gasteiger partial charge is 0.237 e. The minimum atomic E-state index is -0.0872. The van der Waals surface area contributed by atoms with E-state index in [9.17, 15) is 4.79 Å². The van der Waals surface area contributed by atoms with Crippen molar-refractivity contribution in [2.75, 3.05) is 37.6 Å². The van der Waals surface area contributed by atoms with Crippen molar-refractivity contribution in [3.8, 4) is 0 Å². The first-order valence-corrected chi connectivity index (χ1v) is 11.2. The molecule has 1 atom stereocenters. The van der Waals surface area contributed by atoms with Gasteiger partial charge in [0.05, 0.1) is 6.04 Å². The third kappa shape index (κ3) is 6.01. The Morgan fingerprint density at radius 3 is 2.55 bits per heavy atom. The van der Waals surface area contributed by atoms with E-state index < -0.39 is 0 Å². The summed E-state index contributed by atoms with van der Waals surface area (Å²) in [4.78, 5) is 26.5. The van der Waals surface area contributed by atoms with Crippen LogP contribution in [-0.4, -0.2) is 59.5 Å². The molecule has 1 amide bonds. The van der Waals surface area contributed by atoms with Gasteiger partial charge in [-0.1, -0.05) is 25.5 Å². The van der Waals surface area contributed by atoms with Crippen molar-refractivity contribution in [2.45, 2.75) is 71.8 Å². The molecule has 1 saturated heterocycles. The molecule has 2 heterocycles. The van der Waals surface area contributed by atoms with Crippen molar-refractivity contribution in [3.63, 3.8) is 0 Å². The molecule has 0 bridgehead atoms. The molecule has 1 unspecified atom stereocenters. The van der Waals surface area contributed by atoms with Crippen LogP contribution in [0.3, 0.4) is 0 Å². The number of anilines is 1. The Labute approximate surface area is 175 Å². The number of nitrogens with zero attached hydrogens (tertiary/aromatic N) is 4. The molecule has 160 valence electrons. The second-order valence-electron chi connectivity index (χ2n) is 8.73. The van der Waals surface area contributed by atoms with Crippen molar-refractivity contribution in [3.05, 3.63) is 29.2 Å². The largest absolute Gasteiger partial charge is 0.354 e. The average Bonchev–Trinajstić information content (AvgIpc) is 2.73. The summed E-state index contributed by atoms with van der Waals surface area (Å²) >= 11 is 0. The molecule has 3 rings (SSSR count). The predicted octanol–water partition coefficient (Wildman–Crippen LogP) is 3.43. The Bertz CT molecular complexity index is 722. The fraction of sp³-hybridized carbons (Fsp3) is 0.696. The van der Waals surface area contributed by atoms with Gasteiger partial charge < -0.3 is 10.2 Å². The minimum absolute atomic E-state index is 0.0872. The predicted molar refractivity (Wildman–Crippen MR) is 118 cm³/mol. The number of aromatic nitrogens is 2. The van der Waals surface area contributed by atoms with E-state index in [1.165, 1.54) is 31.3 Å². The second kappa shape index (κ2) is 10.2. The number of rotatable bonds is 7. The summed E-state index contributed by atoms with van der Waals surface area (Å²) in [5.41, 5.74) is 2.53. The molecule has 1 N–H and O–H groups in total. The molecular weight excluding hydrogens is 362 g/mol. The third-order valence-electron chi connectivity index (χ3n) is 6.07. The van der Waals surface area contributed by atoms with Gasteiger partial charge in [-0.05, 0) is 46.0 Å². The summed E-state index contributed by atoms with van der Waals surface area (Å²) in [5.74, 6) is 2.39. The molecule has 0 radical (unpaired) electrons. The molecule has 0 aromatic carbocycles. The number of aryl methyl sites for hydroxylation is 1. The van der Waals surface area contributed by atoms with Gasteiger partial charge in [0, 0.05) is 50.4 Å². The van der Waals surface area contributed by atoms with Crippen LogP contribution in [0.2, 0.25) is 0 Å². The number of carbonyl (C=O) groups is 1. The van der Waals surface area contributed by atoms with E-state index in [1.807, 2.05) is 13.8 Å². The number of hydrogen-bond acceptors (Lipinski definition) is 5. The third-order valence-corrected chi connectivity index (χ3v) is 6.07. The molecule has 2 aliphatic rings. The zero-order valence-electron chi connectivity index (χ0n) is 18.6. The summed E-state index contributed by atoms with van der Waals surface area (Å²) in [5, 5.41) is 3.14. The maximum atomic E-state index is 12.6. The molecular formula is C23H37N5O. The second-order valence-corrected chi connectivity index (χ2v) is 8.73. The van der Waals surface area contributed by atoms with E-state index in [2.05, 4.69) is 46.1 Å². The van der Waals surface area contributed by atoms with Gasteiger partial charge in [0.15, 0.2) is 0 Å². The Balaban J connectivity index is 1.47. The zero-order valence-corrected chi connectivity index (χ0v) is 18.6. The Morgan fingerprint density at radius 2 is 1.90 bits per heavy atom. The van der Waals surface area contributed by atoms with Crippen LogP contribution >= 0.6 is 0 Å². The van der Waals surface area contributed by atoms with Gasteiger partial charge in [0.2, 0.25) is 5.91 Å². The summed E-state index contributed by atoms with van der Waals surface area (Å²) in [6, 6.07) is 1.98. The lowest BCUT2D eigenvalue weighted by molar-refractivity contribution is -0.125. The van der Waals surface area contributed by atoms with E-state index in [4.69, 9.17) is 4.98 Å². The Morgan fingerprint density at radius 1 is 1.14 bits per heavy atom. The van der Waals surface area contributed by atoms with Crippen LogP contribution in [0.25, 0.3) is 0 Å². The molecule has 1 aromatic rings. The normalized spacial score (nSPS) is 19.2. The highest BCUT2D eigenvalue weighted by Crippen LogP contribution is 2.20. The SMILES string of the molecule is Cc1cc(N2CCN(C(C)C(=O)NCCC3=CCCCC3)CC2)nc(C(C)C)n1. The zero-order chi connectivity index (χ0) is 20.8. The number of allylic oxidation sites excluding steroid dienone is 1. The summed E-state index contributed by atoms with van der Waals surface area (Å²) in [7, 11) is 0. The molecule has 1 aromatic heterocycles. The van der Waals surface area contributed by atoms with Crippen LogP contribution < -0.4 is 10.2 Å². The number of nitrogens with one attached hydrogen (secondary N) is 1. The summed E-state index contributed by atoms with van der Waals surface area (Å²) in [6.07, 6.45) is 8.37. The minimum Gasteiger partial charge on any atom is -0.354 e. The van der Waals surface area contributed by atoms with Gasteiger partial charge in [-0.25, -0.2) is 9.97 Å². The first-order valence-electron chi connectivity index (χ1n) is 11.2. The van der Waals surface area contributed by atoms with Crippen LogP contribution in [0.4, 0.5) is 5.82 Å². The van der Waals surface area contributed by atoms with Crippen LogP contribution in [0.5, 0.6) is 0 Å². The van der Waals surface area contributed by atoms with Gasteiger partial charge in [-0.15, -0.1) is 0 Å². The van der Waals surface area contributed by atoms with Crippen molar-refractivity contribution in [1.29, 1.82) is 0 Å². The highest BCUT2D eigenvalue weighted by molar-refractivity contribution is 5.81. The molecule has 1 aliphatic carbocycles. The molecule has 0 saturated carbocycles. The Hall–Kier alpha value is -1.95. The van der Waals surface area contributed by atoms with Gasteiger partial charge in [-0.2, -0.15) is 0 Å². The number of carbonyl (C=O) groups excluding carboxylic acids is 1. The lowest BCUT2D eigenvalue weighted by atomic mass is 9.97. The number of hydrogen-bond donors (Lipinski definition) is 1. The number of amides is 1. The lowest BCUT2D eigenvalue weighted by Crippen LogP contribution is -2.54. The van der Waals surface area contributed by atoms with Crippen LogP contribution in [0.15, 0.2) is 17.7 Å². The first kappa shape index (κ1) is 21.8. The quantitative estimate of drug-likeness (QED) is 0.712. The standard InChI is InChI=1S/C23H37N5O/c1-17(2)22-25-18(3)16-21(26-22)28-14-12-27(13-15-28)19(4)23(29)24-11-10-20-8-6-5-7-9-20/h8,16-17,19H,5-7,9-15H2,1-4H3,(H,24,29). The molecule has 1 fully saturated rings. The summed E-state index contributed by atoms with van der Waals surface area (Å²) in [6.45, 7) is 12.6. The van der Waals surface area contributed by atoms with E-state index in [1.54, 1.807) is 0 Å². The van der Waals surface area contributed by atoms with Crippen molar-refractivity contribution < 1.29 is 4.79 Å². The van der Waals surface area contributed by atoms with E-state index >= 15 is 0 Å². The molecule has 6 heteroatoms. The van der Waals surface area contributed by atoms with Crippen LogP contribution in [0, 0.1) is 6.92 Å². The molecule has 6 nitrogen and oxygen atoms in total. The lowest BCUT2D eigenvalue weighted by Gasteiger charge is -2.38. The van der Waals surface area contributed by atoms with Crippen molar-refractivity contribution in [2.24, 2.45) is 0 Å². The van der Waals surface area contributed by atoms with Gasteiger partial charge >= 0.3 is 0 Å². The number of piperazine rings is 1. The van der Waals surface area contributed by atoms with Gasteiger partial charge in [0.25, 0.3) is 0 Å². The summed E-state index contributed by atoms with van der Waals surface area (Å²) < 4.78 is 0. The first-order chi connectivity index (χ1) is 13.9. The van der Waals surface area contributed by atoms with E-state index in [0.29, 0.717) is 5.92 Å². The average molecular weight is 400 g/mol. The maximum absolute atomic E-state index is 12.6. The van der Waals surface area contributed by atoms with Crippen LogP contribution in [-0.2, 0) is 4.79 Å². The molecule has 0 spiro atoms. The molecule has 29 heavy (non-hydrogen) atoms. The Kier molecular flexibility index (Phi) is 7.64. The topological polar surface area (TPSA) is 61.4 Å². The van der Waals surface area contributed by atoms with E-state index in [0.717, 1.165) is 56.5 Å². The fourth-order valence-electron chi connectivity index (χ4n) is 4.12. The van der Waals surface area contributed by atoms with Crippen LogP contribution in [0.1, 0.15) is 70.3 Å². The van der Waals surface area contributed by atoms with Crippen molar-refractivity contribution in [1.82, 2.24) is 20.2 Å². The molecule has 1 aliphatic heterocycles. The highest BCUT2D eigenvalue weighted by atomic mass is 16.2. The monoisotopic (exact) mass is 399 g/mol. The fourth-order valence-corrected chi connectivity index (χ4v) is 4.12. The van der Waals surface area contributed by atoms with Gasteiger partial charge in [0.1, 0.15) is 11.6 Å². The van der Waals surface area contributed by atoms with E-state index in [-0.39, 0.29) is 11.9 Å². The van der Waals surface area contributed by atoms with Gasteiger partial charge in [-0.3, -0.25) is 9.69 Å².